The number of nitrogens with zero attached hydrogens (tertiary/aromatic N) is 1. The molecule has 0 atom stereocenters. The summed E-state index contributed by atoms with van der Waals surface area (Å²) in [6, 6.07) is 11.2. The van der Waals surface area contributed by atoms with Crippen molar-refractivity contribution in [3.05, 3.63) is 58.9 Å². The number of hydrogen-bond donors (Lipinski definition) is 2. The number of rotatable bonds is 3. The molecule has 1 aliphatic rings. The molecule has 25 heavy (non-hydrogen) atoms. The molecular formula is C20H20FN3O. The smallest absolute Gasteiger partial charge is 0.252 e. The molecule has 0 saturated heterocycles. The second-order valence-corrected chi connectivity index (χ2v) is 6.47. The van der Waals surface area contributed by atoms with Gasteiger partial charge in [-0.3, -0.25) is 4.79 Å². The van der Waals surface area contributed by atoms with E-state index in [4.69, 9.17) is 0 Å². The van der Waals surface area contributed by atoms with Gasteiger partial charge in [0.1, 0.15) is 5.82 Å². The Morgan fingerprint density at radius 2 is 2.00 bits per heavy atom. The molecule has 0 bridgehead atoms. The predicted molar refractivity (Wildman–Crippen MR) is 97.1 cm³/mol. The quantitative estimate of drug-likeness (QED) is 0.772. The molecule has 2 aromatic carbocycles. The van der Waals surface area contributed by atoms with Gasteiger partial charge >= 0.3 is 0 Å². The van der Waals surface area contributed by atoms with Gasteiger partial charge in [-0.2, -0.15) is 0 Å². The van der Waals surface area contributed by atoms with Crippen LogP contribution in [0.1, 0.15) is 21.5 Å². The van der Waals surface area contributed by atoms with E-state index >= 15 is 0 Å². The Morgan fingerprint density at radius 3 is 2.72 bits per heavy atom. The van der Waals surface area contributed by atoms with Gasteiger partial charge < -0.3 is 15.2 Å². The van der Waals surface area contributed by atoms with Gasteiger partial charge in [0.05, 0.1) is 16.8 Å². The van der Waals surface area contributed by atoms with Crippen LogP contribution in [-0.2, 0) is 20.0 Å². The fourth-order valence-corrected chi connectivity index (χ4v) is 3.79. The van der Waals surface area contributed by atoms with Crippen LogP contribution in [0.25, 0.3) is 22.2 Å². The average Bonchev–Trinajstić information content (AvgIpc) is 2.76. The number of halogens is 1. The minimum atomic E-state index is -0.386. The summed E-state index contributed by atoms with van der Waals surface area (Å²) in [5.74, 6) is -0.590. The maximum absolute atomic E-state index is 14.1. The van der Waals surface area contributed by atoms with Crippen LogP contribution in [0.3, 0.4) is 0 Å². The Bertz CT molecular complexity index is 973. The predicted octanol–water partition coefficient (Wildman–Crippen LogP) is 2.99. The first kappa shape index (κ1) is 15.8. The van der Waals surface area contributed by atoms with Gasteiger partial charge in [0.15, 0.2) is 0 Å². The molecule has 0 fully saturated rings. The molecule has 128 valence electrons. The van der Waals surface area contributed by atoms with Gasteiger partial charge in [0.25, 0.3) is 5.91 Å². The zero-order chi connectivity index (χ0) is 17.6. The lowest BCUT2D eigenvalue weighted by atomic mass is 9.99. The molecular weight excluding hydrogens is 317 g/mol. The highest BCUT2D eigenvalue weighted by molar-refractivity contribution is 6.10. The summed E-state index contributed by atoms with van der Waals surface area (Å²) in [4.78, 5) is 12.3. The molecule has 1 aromatic heterocycles. The molecule has 1 amide bonds. The van der Waals surface area contributed by atoms with Crippen molar-refractivity contribution in [2.75, 3.05) is 13.6 Å². The Balaban J connectivity index is 1.98. The van der Waals surface area contributed by atoms with Gasteiger partial charge in [-0.25, -0.2) is 4.39 Å². The van der Waals surface area contributed by atoms with E-state index < -0.39 is 0 Å². The van der Waals surface area contributed by atoms with Crippen molar-refractivity contribution >= 4 is 16.8 Å². The van der Waals surface area contributed by atoms with E-state index in [2.05, 4.69) is 34.9 Å². The summed E-state index contributed by atoms with van der Waals surface area (Å²) in [5, 5.41) is 6.88. The molecule has 1 aliphatic heterocycles. The van der Waals surface area contributed by atoms with E-state index in [0.717, 1.165) is 40.7 Å². The van der Waals surface area contributed by atoms with Crippen LogP contribution in [0.4, 0.5) is 4.39 Å². The van der Waals surface area contributed by atoms with Crippen molar-refractivity contribution in [1.29, 1.82) is 0 Å². The second kappa shape index (κ2) is 6.01. The third-order valence-electron chi connectivity index (χ3n) is 4.88. The van der Waals surface area contributed by atoms with Crippen LogP contribution in [-0.4, -0.2) is 24.1 Å². The number of aromatic nitrogens is 1. The summed E-state index contributed by atoms with van der Waals surface area (Å²) in [7, 11) is 3.86. The van der Waals surface area contributed by atoms with Crippen LogP contribution in [0, 0.1) is 5.82 Å². The third-order valence-corrected chi connectivity index (χ3v) is 4.88. The summed E-state index contributed by atoms with van der Waals surface area (Å²) in [5.41, 5.74) is 5.63. The number of benzene rings is 2. The molecule has 0 spiro atoms. The summed E-state index contributed by atoms with van der Waals surface area (Å²) in [6.07, 6.45) is 0.731. The molecule has 2 heterocycles. The molecule has 4 nitrogen and oxygen atoms in total. The zero-order valence-electron chi connectivity index (χ0n) is 14.3. The first-order chi connectivity index (χ1) is 12.1. The van der Waals surface area contributed by atoms with Crippen molar-refractivity contribution in [1.82, 2.24) is 15.2 Å². The minimum Gasteiger partial charge on any atom is -0.352 e. The van der Waals surface area contributed by atoms with Gasteiger partial charge in [-0.15, -0.1) is 0 Å². The summed E-state index contributed by atoms with van der Waals surface area (Å²) in [6.45, 7) is 1.37. The lowest BCUT2D eigenvalue weighted by molar-refractivity contribution is 0.0957. The number of aryl methyl sites for hydroxylation is 1. The van der Waals surface area contributed by atoms with Crippen LogP contribution in [0.15, 0.2) is 36.4 Å². The molecule has 5 heteroatoms. The van der Waals surface area contributed by atoms with Gasteiger partial charge in [-0.05, 0) is 42.3 Å². The standard InChI is InChI=1S/C20H20FN3O/c1-22-11-12-3-5-13(6-4-12)19-15-7-8-23-20(25)16-9-14(21)10-17(18(15)16)24(19)2/h3-6,9-10,22H,7-8,11H2,1-2H3,(H,23,25). The van der Waals surface area contributed by atoms with Crippen LogP contribution in [0.2, 0.25) is 0 Å². The average molecular weight is 337 g/mol. The van der Waals surface area contributed by atoms with Crippen molar-refractivity contribution in [2.24, 2.45) is 7.05 Å². The largest absolute Gasteiger partial charge is 0.352 e. The topological polar surface area (TPSA) is 46.1 Å². The van der Waals surface area contributed by atoms with Gasteiger partial charge in [0, 0.05) is 25.5 Å². The van der Waals surface area contributed by atoms with Crippen LogP contribution in [0.5, 0.6) is 0 Å². The zero-order valence-corrected chi connectivity index (χ0v) is 14.3. The van der Waals surface area contributed by atoms with E-state index in [9.17, 15) is 9.18 Å². The fraction of sp³-hybridized carbons (Fsp3) is 0.250. The first-order valence-corrected chi connectivity index (χ1v) is 8.43. The van der Waals surface area contributed by atoms with E-state index in [-0.39, 0.29) is 11.7 Å². The Hall–Kier alpha value is -2.66. The molecule has 0 aliphatic carbocycles. The number of carbonyl (C=O) groups is 1. The highest BCUT2D eigenvalue weighted by atomic mass is 19.1. The molecule has 4 rings (SSSR count). The molecule has 0 radical (unpaired) electrons. The van der Waals surface area contributed by atoms with Crippen molar-refractivity contribution < 1.29 is 9.18 Å². The van der Waals surface area contributed by atoms with Crippen molar-refractivity contribution in [3.8, 4) is 11.3 Å². The SMILES string of the molecule is CNCc1ccc(-c2c3c4c(cc(F)cc4n2C)C(=O)NCC3)cc1. The molecule has 0 unspecified atom stereocenters. The van der Waals surface area contributed by atoms with Crippen LogP contribution >= 0.6 is 0 Å². The second-order valence-electron chi connectivity index (χ2n) is 6.47. The highest BCUT2D eigenvalue weighted by Crippen LogP contribution is 2.37. The monoisotopic (exact) mass is 337 g/mol. The van der Waals surface area contributed by atoms with E-state index in [1.54, 1.807) is 0 Å². The first-order valence-electron chi connectivity index (χ1n) is 8.43. The van der Waals surface area contributed by atoms with Gasteiger partial charge in [-0.1, -0.05) is 24.3 Å². The van der Waals surface area contributed by atoms with E-state index in [0.29, 0.717) is 12.1 Å². The number of hydrogen-bond acceptors (Lipinski definition) is 2. The summed E-state index contributed by atoms with van der Waals surface area (Å²) >= 11 is 0. The fourth-order valence-electron chi connectivity index (χ4n) is 3.79. The van der Waals surface area contributed by atoms with E-state index in [1.807, 2.05) is 18.7 Å². The number of nitrogens with one attached hydrogen (secondary N) is 2. The maximum Gasteiger partial charge on any atom is 0.252 e. The number of amides is 1. The number of carbonyl (C=O) groups excluding carboxylic acids is 1. The van der Waals surface area contributed by atoms with Crippen LogP contribution < -0.4 is 10.6 Å². The van der Waals surface area contributed by atoms with Crippen molar-refractivity contribution in [3.63, 3.8) is 0 Å². The summed E-state index contributed by atoms with van der Waals surface area (Å²) < 4.78 is 16.1. The van der Waals surface area contributed by atoms with Crippen molar-refractivity contribution in [2.45, 2.75) is 13.0 Å². The molecule has 0 saturated carbocycles. The van der Waals surface area contributed by atoms with Gasteiger partial charge in [0.2, 0.25) is 0 Å². The lowest BCUT2D eigenvalue weighted by Gasteiger charge is -2.10. The minimum absolute atomic E-state index is 0.204. The third kappa shape index (κ3) is 2.51. The Morgan fingerprint density at radius 1 is 1.24 bits per heavy atom. The molecule has 2 N–H and O–H groups in total. The lowest BCUT2D eigenvalue weighted by Crippen LogP contribution is -2.23. The maximum atomic E-state index is 14.1. The molecule has 3 aromatic rings. The normalized spacial score (nSPS) is 13.8. The highest BCUT2D eigenvalue weighted by Gasteiger charge is 2.25. The Labute approximate surface area is 145 Å². The van der Waals surface area contributed by atoms with E-state index in [1.165, 1.54) is 17.7 Å². The Kier molecular flexibility index (Phi) is 3.81.